The van der Waals surface area contributed by atoms with E-state index in [0.717, 1.165) is 32.1 Å². The molecular formula is C14H22O3. The van der Waals surface area contributed by atoms with Crippen LogP contribution in [0.15, 0.2) is 0 Å². The van der Waals surface area contributed by atoms with Crippen LogP contribution >= 0.6 is 0 Å². The molecule has 4 aliphatic carbocycles. The van der Waals surface area contributed by atoms with Crippen LogP contribution in [0, 0.1) is 17.8 Å². The lowest BCUT2D eigenvalue weighted by Gasteiger charge is -2.39. The van der Waals surface area contributed by atoms with Gasteiger partial charge < -0.3 is 9.84 Å². The molecule has 0 aromatic carbocycles. The van der Waals surface area contributed by atoms with Crippen molar-refractivity contribution in [2.24, 2.45) is 17.8 Å². The molecule has 1 N–H and O–H groups in total. The highest BCUT2D eigenvalue weighted by Gasteiger charge is 2.65. The molecule has 0 aliphatic heterocycles. The van der Waals surface area contributed by atoms with Gasteiger partial charge in [0.05, 0.1) is 11.5 Å². The van der Waals surface area contributed by atoms with Gasteiger partial charge >= 0.3 is 5.97 Å². The van der Waals surface area contributed by atoms with E-state index in [1.54, 1.807) is 0 Å². The van der Waals surface area contributed by atoms with E-state index in [0.29, 0.717) is 18.3 Å². The maximum absolute atomic E-state index is 11.9. The molecule has 4 fully saturated rings. The van der Waals surface area contributed by atoms with Crippen LogP contribution in [0.2, 0.25) is 0 Å². The molecule has 5 unspecified atom stereocenters. The van der Waals surface area contributed by atoms with Gasteiger partial charge in [-0.1, -0.05) is 13.8 Å². The summed E-state index contributed by atoms with van der Waals surface area (Å²) in [6, 6.07) is 0. The van der Waals surface area contributed by atoms with Crippen molar-refractivity contribution in [3.8, 4) is 0 Å². The Morgan fingerprint density at radius 3 is 2.82 bits per heavy atom. The van der Waals surface area contributed by atoms with Crippen LogP contribution in [0.1, 0.15) is 52.4 Å². The number of ether oxygens (including phenoxy) is 1. The quantitative estimate of drug-likeness (QED) is 0.767. The van der Waals surface area contributed by atoms with E-state index in [1.165, 1.54) is 0 Å². The van der Waals surface area contributed by atoms with Crippen LogP contribution in [-0.4, -0.2) is 22.3 Å². The number of rotatable bonds is 3. The summed E-state index contributed by atoms with van der Waals surface area (Å²) < 4.78 is 5.79. The molecular weight excluding hydrogens is 216 g/mol. The minimum absolute atomic E-state index is 0.0173. The Labute approximate surface area is 103 Å². The molecule has 0 saturated heterocycles. The maximum atomic E-state index is 11.9. The second-order valence-electron chi connectivity index (χ2n) is 6.60. The van der Waals surface area contributed by atoms with Crippen molar-refractivity contribution in [3.63, 3.8) is 0 Å². The summed E-state index contributed by atoms with van der Waals surface area (Å²) in [7, 11) is 0. The van der Waals surface area contributed by atoms with E-state index in [9.17, 15) is 9.90 Å². The number of aliphatic hydroxyl groups is 1. The van der Waals surface area contributed by atoms with Gasteiger partial charge in [0.1, 0.15) is 5.60 Å². The number of esters is 1. The van der Waals surface area contributed by atoms with Crippen molar-refractivity contribution in [2.75, 3.05) is 0 Å². The van der Waals surface area contributed by atoms with Gasteiger partial charge in [0.15, 0.2) is 0 Å². The van der Waals surface area contributed by atoms with Crippen molar-refractivity contribution in [1.29, 1.82) is 0 Å². The first-order chi connectivity index (χ1) is 7.96. The van der Waals surface area contributed by atoms with Crippen LogP contribution in [-0.2, 0) is 9.53 Å². The second-order valence-corrected chi connectivity index (χ2v) is 6.60. The van der Waals surface area contributed by atoms with Crippen molar-refractivity contribution in [2.45, 2.75) is 63.6 Å². The van der Waals surface area contributed by atoms with Crippen LogP contribution in [0.25, 0.3) is 0 Å². The predicted molar refractivity (Wildman–Crippen MR) is 63.3 cm³/mol. The third kappa shape index (κ3) is 1.62. The Hall–Kier alpha value is -0.570. The summed E-state index contributed by atoms with van der Waals surface area (Å²) in [5.74, 6) is 0.873. The molecule has 5 atom stereocenters. The Bertz CT molecular complexity index is 353. The molecule has 0 heterocycles. The summed E-state index contributed by atoms with van der Waals surface area (Å²) in [5.41, 5.74) is -0.834. The molecule has 96 valence electrons. The first-order valence-electron chi connectivity index (χ1n) is 6.92. The lowest BCUT2D eigenvalue weighted by Crippen LogP contribution is -2.42. The molecule has 17 heavy (non-hydrogen) atoms. The second kappa shape index (κ2) is 3.47. The van der Waals surface area contributed by atoms with Gasteiger partial charge in [0.2, 0.25) is 0 Å². The highest BCUT2D eigenvalue weighted by Crippen LogP contribution is 2.63. The van der Waals surface area contributed by atoms with Crippen LogP contribution in [0.3, 0.4) is 0 Å². The summed E-state index contributed by atoms with van der Waals surface area (Å²) in [5, 5.41) is 10.5. The van der Waals surface area contributed by atoms with Gasteiger partial charge in [-0.15, -0.1) is 0 Å². The molecule has 4 bridgehead atoms. The van der Waals surface area contributed by atoms with E-state index < -0.39 is 5.60 Å². The normalized spacial score (nSPS) is 48.4. The molecule has 0 aromatic heterocycles. The van der Waals surface area contributed by atoms with Gasteiger partial charge in [-0.2, -0.15) is 0 Å². The molecule has 4 aliphatic rings. The zero-order valence-electron chi connectivity index (χ0n) is 10.7. The predicted octanol–water partition coefficient (Wildman–Crippen LogP) is 2.27. The Kier molecular flexibility index (Phi) is 2.35. The van der Waals surface area contributed by atoms with Crippen molar-refractivity contribution < 1.29 is 14.6 Å². The first-order valence-corrected chi connectivity index (χ1v) is 6.92. The average Bonchev–Trinajstić information content (AvgIpc) is 2.57. The third-order valence-corrected chi connectivity index (χ3v) is 5.26. The van der Waals surface area contributed by atoms with E-state index in [2.05, 4.69) is 0 Å². The van der Waals surface area contributed by atoms with E-state index >= 15 is 0 Å². The molecule has 4 saturated carbocycles. The van der Waals surface area contributed by atoms with E-state index in [-0.39, 0.29) is 17.5 Å². The molecule has 0 radical (unpaired) electrons. The molecule has 3 nitrogen and oxygen atoms in total. The molecule has 4 rings (SSSR count). The fourth-order valence-corrected chi connectivity index (χ4v) is 4.38. The minimum Gasteiger partial charge on any atom is -0.459 e. The standard InChI is InChI=1S/C14H22O3/c1-3-9(2)12(15)17-13-5-10-4-11(7-13)14(16,6-10)8-13/h9-11,16H,3-8H2,1-2H3. The van der Waals surface area contributed by atoms with Crippen molar-refractivity contribution in [1.82, 2.24) is 0 Å². The summed E-state index contributed by atoms with van der Waals surface area (Å²) in [4.78, 5) is 11.9. The lowest BCUT2D eigenvalue weighted by molar-refractivity contribution is -0.171. The highest BCUT2D eigenvalue weighted by molar-refractivity contribution is 5.72. The molecule has 0 aromatic rings. The maximum Gasteiger partial charge on any atom is 0.309 e. The molecule has 0 spiro atoms. The van der Waals surface area contributed by atoms with E-state index in [4.69, 9.17) is 4.74 Å². The Morgan fingerprint density at radius 1 is 1.47 bits per heavy atom. The van der Waals surface area contributed by atoms with Crippen LogP contribution in [0.4, 0.5) is 0 Å². The van der Waals surface area contributed by atoms with Crippen molar-refractivity contribution >= 4 is 5.97 Å². The van der Waals surface area contributed by atoms with Gasteiger partial charge in [-0.05, 0) is 43.9 Å². The zero-order chi connectivity index (χ0) is 12.3. The van der Waals surface area contributed by atoms with E-state index in [1.807, 2.05) is 13.8 Å². The van der Waals surface area contributed by atoms with Crippen LogP contribution in [0.5, 0.6) is 0 Å². The minimum atomic E-state index is -0.515. The fraction of sp³-hybridized carbons (Fsp3) is 0.929. The summed E-state index contributed by atoms with van der Waals surface area (Å²) in [6.07, 6.45) is 5.45. The SMILES string of the molecule is CCC(C)C(=O)OC12CC3CC(C1)C(O)(C3)C2. The lowest BCUT2D eigenvalue weighted by atomic mass is 9.77. The van der Waals surface area contributed by atoms with Gasteiger partial charge in [-0.25, -0.2) is 0 Å². The zero-order valence-corrected chi connectivity index (χ0v) is 10.7. The summed E-state index contributed by atoms with van der Waals surface area (Å²) >= 11 is 0. The Morgan fingerprint density at radius 2 is 2.24 bits per heavy atom. The third-order valence-electron chi connectivity index (χ3n) is 5.26. The number of carbonyl (C=O) groups excluding carboxylic acids is 1. The average molecular weight is 238 g/mol. The van der Waals surface area contributed by atoms with Gasteiger partial charge in [0.25, 0.3) is 0 Å². The fourth-order valence-electron chi connectivity index (χ4n) is 4.38. The highest BCUT2D eigenvalue weighted by atomic mass is 16.6. The monoisotopic (exact) mass is 238 g/mol. The van der Waals surface area contributed by atoms with Crippen molar-refractivity contribution in [3.05, 3.63) is 0 Å². The molecule has 3 heteroatoms. The molecule has 0 amide bonds. The largest absolute Gasteiger partial charge is 0.459 e. The number of hydrogen-bond donors (Lipinski definition) is 1. The number of carbonyl (C=O) groups is 1. The van der Waals surface area contributed by atoms with Gasteiger partial charge in [-0.3, -0.25) is 4.79 Å². The summed E-state index contributed by atoms with van der Waals surface area (Å²) in [6.45, 7) is 3.93. The first kappa shape index (κ1) is 11.5. The Balaban J connectivity index is 1.75. The smallest absolute Gasteiger partial charge is 0.309 e. The van der Waals surface area contributed by atoms with Crippen LogP contribution < -0.4 is 0 Å². The number of hydrogen-bond acceptors (Lipinski definition) is 3. The van der Waals surface area contributed by atoms with Gasteiger partial charge in [0, 0.05) is 6.42 Å². The topological polar surface area (TPSA) is 46.5 Å².